The van der Waals surface area contributed by atoms with Crippen LogP contribution in [0.4, 0.5) is 10.6 Å². The number of hydrogen-bond donors (Lipinski definition) is 1. The lowest BCUT2D eigenvalue weighted by Gasteiger charge is -2.44. The number of fused-ring (bicyclic) bond motifs is 1. The Morgan fingerprint density at radius 2 is 1.68 bits per heavy atom. The Bertz CT molecular complexity index is 1260. The van der Waals surface area contributed by atoms with Crippen molar-refractivity contribution in [1.29, 1.82) is 0 Å². The Morgan fingerprint density at radius 1 is 0.973 bits per heavy atom. The van der Waals surface area contributed by atoms with Crippen molar-refractivity contribution >= 4 is 28.9 Å². The average Bonchev–Trinajstić information content (AvgIpc) is 2.91. The second-order valence-electron chi connectivity index (χ2n) is 10.1. The monoisotopic (exact) mass is 502 g/mol. The number of amides is 2. The highest BCUT2D eigenvalue weighted by atomic mass is 16.6. The molecule has 0 bridgehead atoms. The van der Waals surface area contributed by atoms with Gasteiger partial charge in [0, 0.05) is 50.4 Å². The maximum Gasteiger partial charge on any atom is 0.410 e. The van der Waals surface area contributed by atoms with Gasteiger partial charge < -0.3 is 20.3 Å². The summed E-state index contributed by atoms with van der Waals surface area (Å²) in [5.41, 5.74) is 8.72. The lowest BCUT2D eigenvalue weighted by Crippen LogP contribution is -2.59. The fourth-order valence-corrected chi connectivity index (χ4v) is 5.21. The van der Waals surface area contributed by atoms with Crippen LogP contribution in [-0.4, -0.2) is 76.1 Å². The van der Waals surface area contributed by atoms with E-state index in [4.69, 9.17) is 15.5 Å². The molecule has 2 N–H and O–H groups in total. The van der Waals surface area contributed by atoms with Gasteiger partial charge in [0.15, 0.2) is 0 Å². The largest absolute Gasteiger partial charge is 0.446 e. The van der Waals surface area contributed by atoms with Crippen molar-refractivity contribution < 1.29 is 14.3 Å². The molecule has 9 nitrogen and oxygen atoms in total. The first-order valence-electron chi connectivity index (χ1n) is 12.9. The Hall–Kier alpha value is -3.72. The van der Waals surface area contributed by atoms with Gasteiger partial charge in [0.1, 0.15) is 11.9 Å². The first-order valence-corrected chi connectivity index (χ1v) is 12.9. The van der Waals surface area contributed by atoms with E-state index in [2.05, 4.69) is 28.6 Å². The van der Waals surface area contributed by atoms with E-state index in [1.165, 1.54) is 0 Å². The quantitative estimate of drug-likeness (QED) is 0.570. The van der Waals surface area contributed by atoms with Crippen LogP contribution in [0.3, 0.4) is 0 Å². The summed E-state index contributed by atoms with van der Waals surface area (Å²) in [6, 6.07) is 15.4. The first kappa shape index (κ1) is 25.0. The standard InChI is InChI=1S/C28H34N6O3/c1-19-17-34(20(2)16-33(19)26-15-30-24-5-3-4-6-25(24)31-26)28(36)37-23-11-13-32(14-12-23)18-21-7-9-22(10-8-21)27(29)35/h3-10,15,19-20,23H,11-14,16-18H2,1-2H3,(H2,29,35)/t19-,20+/m0/s1. The highest BCUT2D eigenvalue weighted by Crippen LogP contribution is 2.25. The van der Waals surface area contributed by atoms with Crippen LogP contribution in [0.25, 0.3) is 11.0 Å². The molecule has 3 heterocycles. The van der Waals surface area contributed by atoms with Crippen molar-refractivity contribution in [2.75, 3.05) is 31.1 Å². The molecule has 5 rings (SSSR count). The van der Waals surface area contributed by atoms with E-state index in [-0.39, 0.29) is 24.3 Å². The maximum absolute atomic E-state index is 13.1. The van der Waals surface area contributed by atoms with E-state index >= 15 is 0 Å². The SMILES string of the molecule is C[C@@H]1CN(c2cnc3ccccc3n2)[C@@H](C)CN1C(=O)OC1CCN(Cc2ccc(C(N)=O)cc2)CC1. The summed E-state index contributed by atoms with van der Waals surface area (Å²) in [4.78, 5) is 40.1. The molecule has 2 aromatic carbocycles. The van der Waals surface area contributed by atoms with Gasteiger partial charge in [-0.25, -0.2) is 9.78 Å². The number of anilines is 1. The van der Waals surface area contributed by atoms with Gasteiger partial charge in [0.25, 0.3) is 0 Å². The number of primary amides is 1. The predicted octanol–water partition coefficient (Wildman–Crippen LogP) is 3.43. The summed E-state index contributed by atoms with van der Waals surface area (Å²) < 4.78 is 5.95. The number of rotatable bonds is 5. The Morgan fingerprint density at radius 3 is 2.38 bits per heavy atom. The van der Waals surface area contributed by atoms with E-state index in [0.717, 1.165) is 54.9 Å². The Labute approximate surface area is 217 Å². The highest BCUT2D eigenvalue weighted by molar-refractivity contribution is 5.92. The van der Waals surface area contributed by atoms with Crippen molar-refractivity contribution in [3.05, 3.63) is 65.9 Å². The lowest BCUT2D eigenvalue weighted by molar-refractivity contribution is 0.0166. The number of hydrogen-bond acceptors (Lipinski definition) is 7. The molecule has 2 saturated heterocycles. The van der Waals surface area contributed by atoms with Crippen molar-refractivity contribution in [1.82, 2.24) is 19.8 Å². The fraction of sp³-hybridized carbons (Fsp3) is 0.429. The van der Waals surface area contributed by atoms with Crippen LogP contribution in [-0.2, 0) is 11.3 Å². The molecule has 2 atom stereocenters. The molecule has 2 aliphatic heterocycles. The molecule has 3 aromatic rings. The van der Waals surface area contributed by atoms with Crippen LogP contribution in [0, 0.1) is 0 Å². The third-order valence-corrected chi connectivity index (χ3v) is 7.40. The van der Waals surface area contributed by atoms with Gasteiger partial charge in [0.05, 0.1) is 17.2 Å². The zero-order valence-electron chi connectivity index (χ0n) is 21.4. The second kappa shape index (κ2) is 10.7. The molecule has 1 aromatic heterocycles. The maximum atomic E-state index is 13.1. The lowest BCUT2D eigenvalue weighted by atomic mass is 10.1. The van der Waals surface area contributed by atoms with Crippen LogP contribution >= 0.6 is 0 Å². The summed E-state index contributed by atoms with van der Waals surface area (Å²) in [6.07, 6.45) is 3.12. The van der Waals surface area contributed by atoms with E-state index < -0.39 is 5.91 Å². The summed E-state index contributed by atoms with van der Waals surface area (Å²) in [6.45, 7) is 7.93. The summed E-state index contributed by atoms with van der Waals surface area (Å²) in [7, 11) is 0. The number of likely N-dealkylation sites (tertiary alicyclic amines) is 1. The number of benzene rings is 2. The van der Waals surface area contributed by atoms with E-state index in [9.17, 15) is 9.59 Å². The second-order valence-corrected chi connectivity index (χ2v) is 10.1. The third-order valence-electron chi connectivity index (χ3n) is 7.40. The molecular formula is C28H34N6O3. The summed E-state index contributed by atoms with van der Waals surface area (Å²) in [5.74, 6) is 0.421. The average molecular weight is 503 g/mol. The number of nitrogens with zero attached hydrogens (tertiary/aromatic N) is 5. The Kier molecular flexibility index (Phi) is 7.23. The van der Waals surface area contributed by atoms with Crippen LogP contribution in [0.1, 0.15) is 42.6 Å². The number of piperidine rings is 1. The van der Waals surface area contributed by atoms with Gasteiger partial charge in [-0.15, -0.1) is 0 Å². The summed E-state index contributed by atoms with van der Waals surface area (Å²) in [5, 5.41) is 0. The van der Waals surface area contributed by atoms with Crippen molar-refractivity contribution in [2.45, 2.75) is 51.4 Å². The number of aromatic nitrogens is 2. The van der Waals surface area contributed by atoms with Crippen LogP contribution in [0.5, 0.6) is 0 Å². The number of carbonyl (C=O) groups excluding carboxylic acids is 2. The number of ether oxygens (including phenoxy) is 1. The molecule has 2 aliphatic rings. The molecule has 2 amide bonds. The number of para-hydroxylation sites is 2. The zero-order chi connectivity index (χ0) is 25.9. The molecule has 37 heavy (non-hydrogen) atoms. The molecule has 2 fully saturated rings. The van der Waals surface area contributed by atoms with Gasteiger partial charge in [0.2, 0.25) is 5.91 Å². The number of carbonyl (C=O) groups is 2. The van der Waals surface area contributed by atoms with Crippen LogP contribution in [0.2, 0.25) is 0 Å². The minimum Gasteiger partial charge on any atom is -0.446 e. The minimum absolute atomic E-state index is 0.000401. The van der Waals surface area contributed by atoms with Gasteiger partial charge in [-0.1, -0.05) is 24.3 Å². The smallest absolute Gasteiger partial charge is 0.410 e. The zero-order valence-corrected chi connectivity index (χ0v) is 21.4. The minimum atomic E-state index is -0.415. The molecular weight excluding hydrogens is 468 g/mol. The van der Waals surface area contributed by atoms with Crippen LogP contribution < -0.4 is 10.6 Å². The summed E-state index contributed by atoms with van der Waals surface area (Å²) >= 11 is 0. The molecule has 0 aliphatic carbocycles. The fourth-order valence-electron chi connectivity index (χ4n) is 5.21. The number of piperazine rings is 1. The topological polar surface area (TPSA) is 105 Å². The van der Waals surface area contributed by atoms with E-state index in [0.29, 0.717) is 18.7 Å². The molecule has 9 heteroatoms. The third kappa shape index (κ3) is 5.67. The van der Waals surface area contributed by atoms with E-state index in [1.807, 2.05) is 47.5 Å². The molecule has 0 spiro atoms. The van der Waals surface area contributed by atoms with Crippen molar-refractivity contribution in [3.8, 4) is 0 Å². The van der Waals surface area contributed by atoms with Gasteiger partial charge >= 0.3 is 6.09 Å². The number of nitrogens with two attached hydrogens (primary N) is 1. The highest BCUT2D eigenvalue weighted by Gasteiger charge is 2.35. The van der Waals surface area contributed by atoms with Gasteiger partial charge in [-0.3, -0.25) is 14.7 Å². The Balaban J connectivity index is 1.12. The molecule has 194 valence electrons. The van der Waals surface area contributed by atoms with Gasteiger partial charge in [-0.2, -0.15) is 0 Å². The predicted molar refractivity (Wildman–Crippen MR) is 142 cm³/mol. The van der Waals surface area contributed by atoms with Crippen LogP contribution in [0.15, 0.2) is 54.7 Å². The molecule has 0 saturated carbocycles. The first-order chi connectivity index (χ1) is 17.9. The molecule has 0 unspecified atom stereocenters. The van der Waals surface area contributed by atoms with Crippen molar-refractivity contribution in [3.63, 3.8) is 0 Å². The van der Waals surface area contributed by atoms with Crippen molar-refractivity contribution in [2.24, 2.45) is 5.73 Å². The normalized spacial score (nSPS) is 21.2. The van der Waals surface area contributed by atoms with E-state index in [1.54, 1.807) is 12.1 Å². The van der Waals surface area contributed by atoms with Gasteiger partial charge in [-0.05, 0) is 56.5 Å². The molecule has 0 radical (unpaired) electrons.